The van der Waals surface area contributed by atoms with Gasteiger partial charge < -0.3 is 45.0 Å². The smallest absolute Gasteiger partial charge is 0.462 e. The number of carbonyl (C=O) groups is 2. The van der Waals surface area contributed by atoms with Gasteiger partial charge in [0.15, 0.2) is 6.10 Å². The first kappa shape index (κ1) is 60.5. The average molecular weight is 949 g/mol. The van der Waals surface area contributed by atoms with Gasteiger partial charge in [0, 0.05) is 12.8 Å². The van der Waals surface area contributed by atoms with Crippen molar-refractivity contribution in [2.75, 3.05) is 13.2 Å². The summed E-state index contributed by atoms with van der Waals surface area (Å²) in [5, 5.41) is 60.0. The van der Waals surface area contributed by atoms with Crippen molar-refractivity contribution >= 4 is 19.8 Å². The second-order valence-corrected chi connectivity index (χ2v) is 17.4. The third kappa shape index (κ3) is 31.4. The number of allylic oxidation sites excluding steroid dienone is 17. The van der Waals surface area contributed by atoms with Gasteiger partial charge in [-0.05, 0) is 89.9 Å². The number of phosphoric acid groups is 1. The SMILES string of the molecule is CC/C=C\C/C=C\C/C=C\C/C=C\C/C=C\CCCCCC(=O)OC[C@H](COP(=O)(O)OC1[C@H](O)[C@H](O)C(O)[C@H](O)[C@H]1O)OC(=O)CCC/C=C\C/C=C\C/C=C\C/C=C\[C@H](O)CCCC. The van der Waals surface area contributed by atoms with Gasteiger partial charge in [0.05, 0.1) is 12.7 Å². The Kier molecular flexibility index (Phi) is 36.2. The van der Waals surface area contributed by atoms with Crippen LogP contribution in [0.2, 0.25) is 0 Å². The minimum Gasteiger partial charge on any atom is -0.462 e. The average Bonchev–Trinajstić information content (AvgIpc) is 3.30. The molecule has 0 bridgehead atoms. The summed E-state index contributed by atoms with van der Waals surface area (Å²) in [5.74, 6) is -1.24. The van der Waals surface area contributed by atoms with Gasteiger partial charge in [-0.3, -0.25) is 18.6 Å². The van der Waals surface area contributed by atoms with Crippen molar-refractivity contribution in [1.29, 1.82) is 0 Å². The monoisotopic (exact) mass is 949 g/mol. The van der Waals surface area contributed by atoms with Gasteiger partial charge in [-0.2, -0.15) is 0 Å². The van der Waals surface area contributed by atoms with Crippen molar-refractivity contribution in [3.63, 3.8) is 0 Å². The van der Waals surface area contributed by atoms with E-state index in [9.17, 15) is 49.7 Å². The summed E-state index contributed by atoms with van der Waals surface area (Å²) in [4.78, 5) is 35.7. The Hall–Kier alpha value is -3.53. The van der Waals surface area contributed by atoms with Crippen LogP contribution in [-0.4, -0.2) is 110 Å². The second-order valence-electron chi connectivity index (χ2n) is 16.0. The lowest BCUT2D eigenvalue weighted by molar-refractivity contribution is -0.220. The fourth-order valence-electron chi connectivity index (χ4n) is 6.32. The topological polar surface area (TPSA) is 230 Å². The van der Waals surface area contributed by atoms with Crippen LogP contribution in [-0.2, 0) is 32.7 Å². The van der Waals surface area contributed by atoms with Crippen LogP contribution in [0.25, 0.3) is 0 Å². The zero-order valence-electron chi connectivity index (χ0n) is 39.3. The van der Waals surface area contributed by atoms with Gasteiger partial charge >= 0.3 is 19.8 Å². The van der Waals surface area contributed by atoms with Crippen molar-refractivity contribution in [3.8, 4) is 0 Å². The Balaban J connectivity index is 2.54. The molecule has 1 rings (SSSR count). The lowest BCUT2D eigenvalue weighted by atomic mass is 9.85. The van der Waals surface area contributed by atoms with Crippen molar-refractivity contribution < 1.29 is 68.2 Å². The van der Waals surface area contributed by atoms with E-state index in [4.69, 9.17) is 18.5 Å². The van der Waals surface area contributed by atoms with E-state index in [1.165, 1.54) is 0 Å². The number of ether oxygens (including phenoxy) is 2. The fraction of sp³-hybridized carbons (Fsp3) is 0.608. The molecular weight excluding hydrogens is 868 g/mol. The third-order valence-electron chi connectivity index (χ3n) is 10.2. The maximum Gasteiger partial charge on any atom is 0.472 e. The molecule has 0 spiro atoms. The summed E-state index contributed by atoms with van der Waals surface area (Å²) in [5.41, 5.74) is 0. The number of hydrogen-bond acceptors (Lipinski definition) is 13. The van der Waals surface area contributed by atoms with E-state index in [-0.39, 0.29) is 18.9 Å². The Morgan fingerprint density at radius 1 is 0.545 bits per heavy atom. The zero-order chi connectivity index (χ0) is 48.7. The highest BCUT2D eigenvalue weighted by Crippen LogP contribution is 2.47. The molecule has 0 aliphatic heterocycles. The van der Waals surface area contributed by atoms with E-state index in [2.05, 4.69) is 92.8 Å². The van der Waals surface area contributed by atoms with Gasteiger partial charge in [-0.25, -0.2) is 4.57 Å². The van der Waals surface area contributed by atoms with E-state index in [0.717, 1.165) is 83.5 Å². The van der Waals surface area contributed by atoms with Crippen LogP contribution in [0.15, 0.2) is 109 Å². The highest BCUT2D eigenvalue weighted by Gasteiger charge is 2.51. The molecule has 374 valence electrons. The lowest BCUT2D eigenvalue weighted by Crippen LogP contribution is -2.64. The van der Waals surface area contributed by atoms with Gasteiger partial charge in [-0.1, -0.05) is 142 Å². The summed E-state index contributed by atoms with van der Waals surface area (Å²) >= 11 is 0. The highest BCUT2D eigenvalue weighted by atomic mass is 31.2. The molecule has 0 amide bonds. The summed E-state index contributed by atoms with van der Waals surface area (Å²) in [6.45, 7) is 2.94. The Bertz CT molecular complexity index is 1580. The maximum atomic E-state index is 12.8. The van der Waals surface area contributed by atoms with Gasteiger partial charge in [0.2, 0.25) is 0 Å². The molecule has 1 aliphatic carbocycles. The van der Waals surface area contributed by atoms with Gasteiger partial charge in [0.25, 0.3) is 0 Å². The molecular formula is C51H81O14P. The number of unbranched alkanes of at least 4 members (excludes halogenated alkanes) is 5. The standard InChI is InChI=1S/C51H81O14P/c1-3-5-7-8-9-10-11-12-13-14-15-16-17-18-22-25-28-31-34-38-44(53)62-40-43(41-63-66(60,61)65-51-49(58)47(56)46(55)48(57)50(51)59)64-45(54)39-35-32-29-26-23-20-19-21-24-27-30-33-37-42(52)36-6-4-2/h5,7,9-10,12-13,15-16,18-20,22,24,26-27,29,33,37,42-43,46-52,55-59H,3-4,6,8,11,14,17,21,23,25,28,30-32,34-36,38-41H2,1-2H3,(H,60,61)/b7-5-,10-9-,13-12-,16-15-,20-19-,22-18-,27-24-,29-26-,37-33-/t42-,43-,46?,47-,48+,49-,50-,51?/m1/s1. The molecule has 66 heavy (non-hydrogen) atoms. The first-order chi connectivity index (χ1) is 31.8. The van der Waals surface area contributed by atoms with E-state index >= 15 is 0 Å². The summed E-state index contributed by atoms with van der Waals surface area (Å²) in [6.07, 6.45) is 37.6. The predicted octanol–water partition coefficient (Wildman–Crippen LogP) is 8.58. The second kappa shape index (κ2) is 39.5. The molecule has 0 aromatic carbocycles. The molecule has 9 atom stereocenters. The quantitative estimate of drug-likeness (QED) is 0.0134. The predicted molar refractivity (Wildman–Crippen MR) is 259 cm³/mol. The van der Waals surface area contributed by atoms with Crippen molar-refractivity contribution in [3.05, 3.63) is 109 Å². The Morgan fingerprint density at radius 2 is 1.00 bits per heavy atom. The molecule has 1 fully saturated rings. The number of phosphoric ester groups is 1. The number of rotatable bonds is 37. The zero-order valence-corrected chi connectivity index (χ0v) is 40.2. The third-order valence-corrected chi connectivity index (χ3v) is 11.2. The van der Waals surface area contributed by atoms with E-state index in [1.807, 2.05) is 30.4 Å². The summed E-state index contributed by atoms with van der Waals surface area (Å²) < 4.78 is 33.4. The first-order valence-corrected chi connectivity index (χ1v) is 25.3. The fourth-order valence-corrected chi connectivity index (χ4v) is 7.30. The maximum absolute atomic E-state index is 12.8. The van der Waals surface area contributed by atoms with Crippen LogP contribution >= 0.6 is 7.82 Å². The molecule has 3 unspecified atom stereocenters. The Labute approximate surface area is 394 Å². The molecule has 1 saturated carbocycles. The van der Waals surface area contributed by atoms with Crippen LogP contribution in [0.1, 0.15) is 136 Å². The molecule has 0 heterocycles. The minimum absolute atomic E-state index is 0.0107. The van der Waals surface area contributed by atoms with Crippen LogP contribution in [0.3, 0.4) is 0 Å². The largest absolute Gasteiger partial charge is 0.472 e. The van der Waals surface area contributed by atoms with Gasteiger partial charge in [-0.15, -0.1) is 0 Å². The molecule has 7 N–H and O–H groups in total. The van der Waals surface area contributed by atoms with E-state index in [0.29, 0.717) is 25.7 Å². The molecule has 0 saturated heterocycles. The number of aliphatic hydroxyl groups is 6. The van der Waals surface area contributed by atoms with Crippen molar-refractivity contribution in [2.45, 2.75) is 185 Å². The van der Waals surface area contributed by atoms with Crippen LogP contribution < -0.4 is 0 Å². The molecule has 15 heteroatoms. The van der Waals surface area contributed by atoms with Crippen LogP contribution in [0.4, 0.5) is 0 Å². The summed E-state index contributed by atoms with van der Waals surface area (Å²) in [7, 11) is -5.16. The van der Waals surface area contributed by atoms with E-state index < -0.39 is 75.7 Å². The molecule has 14 nitrogen and oxygen atoms in total. The van der Waals surface area contributed by atoms with Crippen molar-refractivity contribution in [2.24, 2.45) is 0 Å². The molecule has 1 aliphatic rings. The number of aliphatic hydroxyl groups excluding tert-OH is 6. The van der Waals surface area contributed by atoms with E-state index in [1.54, 1.807) is 0 Å². The molecule has 0 radical (unpaired) electrons. The molecule has 0 aromatic rings. The van der Waals surface area contributed by atoms with Crippen LogP contribution in [0, 0.1) is 0 Å². The first-order valence-electron chi connectivity index (χ1n) is 23.8. The highest BCUT2D eigenvalue weighted by molar-refractivity contribution is 7.47. The Morgan fingerprint density at radius 3 is 1.52 bits per heavy atom. The number of hydrogen-bond donors (Lipinski definition) is 7. The van der Waals surface area contributed by atoms with Gasteiger partial charge in [0.1, 0.15) is 43.2 Å². The van der Waals surface area contributed by atoms with Crippen LogP contribution in [0.5, 0.6) is 0 Å². The number of esters is 2. The van der Waals surface area contributed by atoms with Crippen molar-refractivity contribution in [1.82, 2.24) is 0 Å². The minimum atomic E-state index is -5.16. The number of carbonyl (C=O) groups excluding carboxylic acids is 2. The lowest BCUT2D eigenvalue weighted by Gasteiger charge is -2.41. The summed E-state index contributed by atoms with van der Waals surface area (Å²) in [6, 6.07) is 0. The molecule has 0 aromatic heterocycles. The normalized spacial score (nSPS) is 22.7.